The van der Waals surface area contributed by atoms with E-state index in [0.717, 1.165) is 27.6 Å². The van der Waals surface area contributed by atoms with Crippen LogP contribution in [0.1, 0.15) is 23.7 Å². The smallest absolute Gasteiger partial charge is 0.303 e. The molecule has 0 saturated carbocycles. The van der Waals surface area contributed by atoms with Crippen LogP contribution >= 0.6 is 0 Å². The molecule has 0 saturated heterocycles. The minimum Gasteiger partial charge on any atom is -0.496 e. The maximum Gasteiger partial charge on any atom is 0.303 e. The first-order chi connectivity index (χ1) is 12.6. The molecule has 0 radical (unpaired) electrons. The molecule has 1 heterocycles. The van der Waals surface area contributed by atoms with Crippen LogP contribution in [0.3, 0.4) is 0 Å². The number of pyridine rings is 1. The minimum absolute atomic E-state index is 0.108. The number of aromatic nitrogens is 1. The maximum atomic E-state index is 11.2. The van der Waals surface area contributed by atoms with E-state index in [1.807, 2.05) is 49.4 Å². The summed E-state index contributed by atoms with van der Waals surface area (Å²) in [5, 5.41) is 1.76. The molecule has 0 aliphatic rings. The molecule has 0 bridgehead atoms. The Hall–Kier alpha value is -3.08. The van der Waals surface area contributed by atoms with E-state index >= 15 is 0 Å². The maximum absolute atomic E-state index is 11.2. The number of fused-ring (bicyclic) bond motifs is 1. The third kappa shape index (κ3) is 3.77. The van der Waals surface area contributed by atoms with Gasteiger partial charge in [-0.2, -0.15) is 0 Å². The normalized spacial score (nSPS) is 10.6. The lowest BCUT2D eigenvalue weighted by molar-refractivity contribution is -0.142. The summed E-state index contributed by atoms with van der Waals surface area (Å²) in [6.45, 7) is 3.90. The molecule has 5 heteroatoms. The Labute approximate surface area is 152 Å². The van der Waals surface area contributed by atoms with E-state index in [-0.39, 0.29) is 12.6 Å². The van der Waals surface area contributed by atoms with Crippen molar-refractivity contribution in [2.75, 3.05) is 7.11 Å². The van der Waals surface area contributed by atoms with E-state index in [9.17, 15) is 4.79 Å². The average Bonchev–Trinajstić information content (AvgIpc) is 2.66. The third-order valence-corrected chi connectivity index (χ3v) is 4.16. The summed E-state index contributed by atoms with van der Waals surface area (Å²) in [4.78, 5) is 15.5. The third-order valence-electron chi connectivity index (χ3n) is 4.16. The van der Waals surface area contributed by atoms with Crippen molar-refractivity contribution >= 4 is 16.7 Å². The van der Waals surface area contributed by atoms with Crippen LogP contribution in [0.25, 0.3) is 10.8 Å². The lowest BCUT2D eigenvalue weighted by atomic mass is 10.0. The topological polar surface area (TPSA) is 57.7 Å². The van der Waals surface area contributed by atoms with Crippen molar-refractivity contribution < 1.29 is 19.0 Å². The molecule has 1 aromatic heterocycles. The van der Waals surface area contributed by atoms with E-state index in [1.54, 1.807) is 13.3 Å². The van der Waals surface area contributed by atoms with Crippen molar-refractivity contribution in [1.82, 2.24) is 4.98 Å². The van der Waals surface area contributed by atoms with Crippen molar-refractivity contribution in [1.29, 1.82) is 0 Å². The summed E-state index contributed by atoms with van der Waals surface area (Å²) >= 11 is 0. The summed E-state index contributed by atoms with van der Waals surface area (Å²) < 4.78 is 16.8. The van der Waals surface area contributed by atoms with Gasteiger partial charge >= 0.3 is 5.97 Å². The van der Waals surface area contributed by atoms with Crippen LogP contribution in [0, 0.1) is 6.92 Å². The van der Waals surface area contributed by atoms with Gasteiger partial charge in [0, 0.05) is 29.5 Å². The molecule has 0 aliphatic heterocycles. The number of methoxy groups -OCH3 is 1. The molecule has 5 nitrogen and oxygen atoms in total. The fraction of sp³-hybridized carbons (Fsp3) is 0.238. The Kier molecular flexibility index (Phi) is 5.37. The van der Waals surface area contributed by atoms with Crippen LogP contribution < -0.4 is 9.47 Å². The van der Waals surface area contributed by atoms with Crippen molar-refractivity contribution in [3.05, 3.63) is 65.5 Å². The predicted octanol–water partition coefficient (Wildman–Crippen LogP) is 4.19. The zero-order valence-electron chi connectivity index (χ0n) is 15.1. The molecule has 0 atom stereocenters. The quantitative estimate of drug-likeness (QED) is 0.623. The summed E-state index contributed by atoms with van der Waals surface area (Å²) in [6.07, 6.45) is 1.70. The van der Waals surface area contributed by atoms with Crippen LogP contribution in [0.4, 0.5) is 0 Å². The zero-order chi connectivity index (χ0) is 18.5. The molecule has 26 heavy (non-hydrogen) atoms. The number of nitrogens with zero attached hydrogens (tertiary/aromatic N) is 1. The van der Waals surface area contributed by atoms with Crippen molar-refractivity contribution in [2.24, 2.45) is 0 Å². The summed E-state index contributed by atoms with van der Waals surface area (Å²) in [6, 6.07) is 13.8. The van der Waals surface area contributed by atoms with Crippen molar-refractivity contribution in [3.63, 3.8) is 0 Å². The van der Waals surface area contributed by atoms with Crippen molar-refractivity contribution in [2.45, 2.75) is 27.1 Å². The Morgan fingerprint density at radius 3 is 2.54 bits per heavy atom. The van der Waals surface area contributed by atoms with Crippen LogP contribution in [-0.2, 0) is 22.7 Å². The molecule has 3 aromatic rings. The molecule has 0 aliphatic carbocycles. The number of benzene rings is 2. The van der Waals surface area contributed by atoms with Gasteiger partial charge in [0.05, 0.1) is 12.8 Å². The fourth-order valence-electron chi connectivity index (χ4n) is 2.84. The first kappa shape index (κ1) is 17.7. The number of esters is 1. The Balaban J connectivity index is 2.03. The molecule has 0 N–H and O–H groups in total. The van der Waals surface area contributed by atoms with Gasteiger partial charge in [-0.3, -0.25) is 9.78 Å². The van der Waals surface area contributed by atoms with E-state index in [0.29, 0.717) is 18.1 Å². The van der Waals surface area contributed by atoms with E-state index in [2.05, 4.69) is 4.98 Å². The van der Waals surface area contributed by atoms with Gasteiger partial charge in [-0.25, -0.2) is 0 Å². The fourth-order valence-corrected chi connectivity index (χ4v) is 2.84. The summed E-state index contributed by atoms with van der Waals surface area (Å²) in [5.41, 5.74) is 2.66. The van der Waals surface area contributed by atoms with Gasteiger partial charge in [0.15, 0.2) is 0 Å². The highest BCUT2D eigenvalue weighted by Crippen LogP contribution is 2.37. The molecule has 0 fully saturated rings. The van der Waals surface area contributed by atoms with E-state index in [1.165, 1.54) is 6.92 Å². The second-order valence-electron chi connectivity index (χ2n) is 5.94. The van der Waals surface area contributed by atoms with E-state index in [4.69, 9.17) is 14.2 Å². The first-order valence-electron chi connectivity index (χ1n) is 8.35. The lowest BCUT2D eigenvalue weighted by Crippen LogP contribution is -2.04. The number of ether oxygens (including phenoxy) is 3. The van der Waals surface area contributed by atoms with Gasteiger partial charge in [-0.15, -0.1) is 0 Å². The SMILES string of the molecule is COc1cc2c(COC(C)=O)nccc2c(OCc2ccccc2)c1C. The van der Waals surface area contributed by atoms with Gasteiger partial charge in [-0.05, 0) is 24.6 Å². The largest absolute Gasteiger partial charge is 0.496 e. The monoisotopic (exact) mass is 351 g/mol. The lowest BCUT2D eigenvalue weighted by Gasteiger charge is -2.17. The van der Waals surface area contributed by atoms with Crippen LogP contribution in [0.5, 0.6) is 11.5 Å². The van der Waals surface area contributed by atoms with Gasteiger partial charge in [0.2, 0.25) is 0 Å². The summed E-state index contributed by atoms with van der Waals surface area (Å²) in [7, 11) is 1.62. The Morgan fingerprint density at radius 1 is 1.08 bits per heavy atom. The Bertz CT molecular complexity index is 922. The highest BCUT2D eigenvalue weighted by molar-refractivity contribution is 5.93. The number of rotatable bonds is 6. The molecule has 3 rings (SSSR count). The minimum atomic E-state index is -0.344. The Morgan fingerprint density at radius 2 is 1.85 bits per heavy atom. The van der Waals surface area contributed by atoms with Gasteiger partial charge in [0.1, 0.15) is 24.7 Å². The summed E-state index contributed by atoms with van der Waals surface area (Å²) in [5.74, 6) is 1.11. The standard InChI is InChI=1S/C21H21NO4/c1-14-20(24-3)11-18-17(9-10-22-19(18)13-25-15(2)23)21(14)26-12-16-7-5-4-6-8-16/h4-11H,12-13H2,1-3H3. The van der Waals surface area contributed by atoms with Gasteiger partial charge in [-0.1, -0.05) is 30.3 Å². The van der Waals surface area contributed by atoms with E-state index < -0.39 is 0 Å². The van der Waals surface area contributed by atoms with Gasteiger partial charge < -0.3 is 14.2 Å². The van der Waals surface area contributed by atoms with Crippen LogP contribution in [-0.4, -0.2) is 18.1 Å². The zero-order valence-corrected chi connectivity index (χ0v) is 15.1. The second kappa shape index (κ2) is 7.87. The molecular weight excluding hydrogens is 330 g/mol. The average molecular weight is 351 g/mol. The molecule has 2 aromatic carbocycles. The first-order valence-corrected chi connectivity index (χ1v) is 8.35. The number of carbonyl (C=O) groups is 1. The van der Waals surface area contributed by atoms with Crippen molar-refractivity contribution in [3.8, 4) is 11.5 Å². The highest BCUT2D eigenvalue weighted by Gasteiger charge is 2.16. The second-order valence-corrected chi connectivity index (χ2v) is 5.94. The molecule has 0 amide bonds. The molecule has 134 valence electrons. The number of carbonyl (C=O) groups excluding carboxylic acids is 1. The van der Waals surface area contributed by atoms with Gasteiger partial charge in [0.25, 0.3) is 0 Å². The molecule has 0 spiro atoms. The number of hydrogen-bond donors (Lipinski definition) is 0. The molecule has 0 unspecified atom stereocenters. The number of hydrogen-bond acceptors (Lipinski definition) is 5. The molecular formula is C21H21NO4. The van der Waals surface area contributed by atoms with Crippen LogP contribution in [0.15, 0.2) is 48.7 Å². The highest BCUT2D eigenvalue weighted by atomic mass is 16.5. The predicted molar refractivity (Wildman–Crippen MR) is 99.3 cm³/mol. The van der Waals surface area contributed by atoms with Crippen LogP contribution in [0.2, 0.25) is 0 Å².